The second-order valence-corrected chi connectivity index (χ2v) is 8.72. The molecule has 0 fully saturated rings. The van der Waals surface area contributed by atoms with Crippen LogP contribution in [-0.4, -0.2) is 65.5 Å². The highest BCUT2D eigenvalue weighted by Gasteiger charge is 2.29. The zero-order valence-corrected chi connectivity index (χ0v) is 19.1. The van der Waals surface area contributed by atoms with Crippen LogP contribution in [0, 0.1) is 0 Å². The Morgan fingerprint density at radius 2 is 1.64 bits per heavy atom. The third kappa shape index (κ3) is 6.27. The second kappa shape index (κ2) is 11.7. The number of carbonyl (C=O) groups is 3. The van der Waals surface area contributed by atoms with E-state index < -0.39 is 30.1 Å². The van der Waals surface area contributed by atoms with Crippen molar-refractivity contribution in [1.29, 1.82) is 0 Å². The van der Waals surface area contributed by atoms with Gasteiger partial charge in [-0.15, -0.1) is 0 Å². The van der Waals surface area contributed by atoms with Gasteiger partial charge in [0.1, 0.15) is 12.6 Å². The third-order valence-corrected chi connectivity index (χ3v) is 6.21. The molecule has 2 amide bonds. The summed E-state index contributed by atoms with van der Waals surface area (Å²) in [4.78, 5) is 35.7. The van der Waals surface area contributed by atoms with Crippen LogP contribution in [0.25, 0.3) is 11.1 Å². The first-order valence-electron chi connectivity index (χ1n) is 10.7. The van der Waals surface area contributed by atoms with Crippen LogP contribution >= 0.6 is 11.8 Å². The molecule has 176 valence electrons. The maximum Gasteiger partial charge on any atom is 0.407 e. The van der Waals surface area contributed by atoms with Gasteiger partial charge >= 0.3 is 12.1 Å². The normalized spacial score (nSPS) is 14.0. The predicted octanol–water partition coefficient (Wildman–Crippen LogP) is 2.60. The number of carboxylic acid groups (broad SMARTS) is 1. The molecular weight excluding hydrogens is 444 g/mol. The van der Waals surface area contributed by atoms with Crippen LogP contribution in [0.5, 0.6) is 0 Å². The van der Waals surface area contributed by atoms with Gasteiger partial charge in [-0.3, -0.25) is 4.79 Å². The summed E-state index contributed by atoms with van der Waals surface area (Å²) in [6.07, 6.45) is -0.0838. The Labute approximate surface area is 196 Å². The highest BCUT2D eigenvalue weighted by atomic mass is 32.2. The Kier molecular flexibility index (Phi) is 8.73. The number of carbonyl (C=O) groups excluding carboxylic acids is 2. The van der Waals surface area contributed by atoms with E-state index in [0.29, 0.717) is 12.2 Å². The molecule has 8 nitrogen and oxygen atoms in total. The Morgan fingerprint density at radius 3 is 2.21 bits per heavy atom. The number of fused-ring (bicyclic) bond motifs is 3. The first-order chi connectivity index (χ1) is 15.9. The van der Waals surface area contributed by atoms with E-state index in [1.165, 1.54) is 11.8 Å². The molecule has 0 aromatic heterocycles. The fraction of sp³-hybridized carbons (Fsp3) is 0.375. The zero-order valence-electron chi connectivity index (χ0n) is 18.3. The lowest BCUT2D eigenvalue weighted by Crippen LogP contribution is -2.48. The number of aliphatic hydroxyl groups is 1. The standard InChI is InChI=1S/C24H28N2O6S/c1-33-13-11-20(22(28)25-12-10-21(27)23(29)30)26-24(31)32-14-19-17-8-4-2-6-15(17)16-7-3-5-9-18(16)19/h2-9,19-21,27H,10-14H2,1H3,(H,25,28)(H,26,31)(H,29,30)/t20-,21?/m1/s1. The van der Waals surface area contributed by atoms with Gasteiger partial charge in [0.25, 0.3) is 0 Å². The highest BCUT2D eigenvalue weighted by Crippen LogP contribution is 2.44. The van der Waals surface area contributed by atoms with Crippen LogP contribution in [0.15, 0.2) is 48.5 Å². The number of ether oxygens (including phenoxy) is 1. The molecular formula is C24H28N2O6S. The molecule has 9 heteroatoms. The molecule has 1 aliphatic rings. The van der Waals surface area contributed by atoms with E-state index in [4.69, 9.17) is 9.84 Å². The molecule has 1 unspecified atom stereocenters. The van der Waals surface area contributed by atoms with E-state index in [-0.39, 0.29) is 25.5 Å². The van der Waals surface area contributed by atoms with E-state index in [1.54, 1.807) is 0 Å². The van der Waals surface area contributed by atoms with E-state index >= 15 is 0 Å². The van der Waals surface area contributed by atoms with E-state index in [9.17, 15) is 19.5 Å². The van der Waals surface area contributed by atoms with Gasteiger partial charge in [-0.25, -0.2) is 9.59 Å². The van der Waals surface area contributed by atoms with Gasteiger partial charge in [-0.1, -0.05) is 48.5 Å². The zero-order chi connectivity index (χ0) is 23.8. The van der Waals surface area contributed by atoms with Gasteiger partial charge < -0.3 is 25.6 Å². The lowest BCUT2D eigenvalue weighted by molar-refractivity contribution is -0.147. The summed E-state index contributed by atoms with van der Waals surface area (Å²) < 4.78 is 5.52. The van der Waals surface area contributed by atoms with Gasteiger partial charge in [0.2, 0.25) is 5.91 Å². The lowest BCUT2D eigenvalue weighted by Gasteiger charge is -2.20. The first kappa shape index (κ1) is 24.6. The number of hydrogen-bond acceptors (Lipinski definition) is 6. The topological polar surface area (TPSA) is 125 Å². The Balaban J connectivity index is 1.58. The third-order valence-electron chi connectivity index (χ3n) is 5.56. The summed E-state index contributed by atoms with van der Waals surface area (Å²) in [7, 11) is 0. The van der Waals surface area contributed by atoms with E-state index in [0.717, 1.165) is 22.3 Å². The number of nitrogens with one attached hydrogen (secondary N) is 2. The molecule has 0 saturated carbocycles. The average molecular weight is 473 g/mol. The minimum atomic E-state index is -1.55. The summed E-state index contributed by atoms with van der Waals surface area (Å²) in [6, 6.07) is 15.2. The summed E-state index contributed by atoms with van der Waals surface area (Å²) in [6.45, 7) is 0.121. The molecule has 1 aliphatic carbocycles. The van der Waals surface area contributed by atoms with Crippen molar-refractivity contribution in [1.82, 2.24) is 10.6 Å². The molecule has 4 N–H and O–H groups in total. The minimum Gasteiger partial charge on any atom is -0.479 e. The number of aliphatic carboxylic acids is 1. The monoisotopic (exact) mass is 472 g/mol. The van der Waals surface area contributed by atoms with Crippen LogP contribution in [0.4, 0.5) is 4.79 Å². The number of thioether (sulfide) groups is 1. The van der Waals surface area contributed by atoms with Crippen molar-refractivity contribution in [3.8, 4) is 11.1 Å². The summed E-state index contributed by atoms with van der Waals surface area (Å²) in [5.74, 6) is -1.24. The van der Waals surface area contributed by atoms with Gasteiger partial charge in [-0.05, 0) is 40.7 Å². The number of rotatable bonds is 11. The minimum absolute atomic E-state index is 0.0194. The second-order valence-electron chi connectivity index (χ2n) is 7.74. The largest absolute Gasteiger partial charge is 0.479 e. The number of hydrogen-bond donors (Lipinski definition) is 4. The van der Waals surface area contributed by atoms with Crippen LogP contribution < -0.4 is 10.6 Å². The molecule has 0 bridgehead atoms. The molecule has 0 saturated heterocycles. The van der Waals surface area contributed by atoms with Crippen LogP contribution in [0.1, 0.15) is 29.9 Å². The number of carboxylic acids is 1. The predicted molar refractivity (Wildman–Crippen MR) is 126 cm³/mol. The van der Waals surface area contributed by atoms with Crippen LogP contribution in [0.3, 0.4) is 0 Å². The fourth-order valence-electron chi connectivity index (χ4n) is 3.87. The molecule has 0 heterocycles. The van der Waals surface area contributed by atoms with Crippen molar-refractivity contribution in [2.24, 2.45) is 0 Å². The van der Waals surface area contributed by atoms with Crippen molar-refractivity contribution in [3.05, 3.63) is 59.7 Å². The van der Waals surface area contributed by atoms with E-state index in [1.807, 2.05) is 42.7 Å². The highest BCUT2D eigenvalue weighted by molar-refractivity contribution is 7.98. The number of aliphatic hydroxyl groups excluding tert-OH is 1. The summed E-state index contributed by atoms with van der Waals surface area (Å²) in [5, 5.41) is 23.2. The molecule has 0 radical (unpaired) electrons. The summed E-state index contributed by atoms with van der Waals surface area (Å²) in [5.41, 5.74) is 4.45. The fourth-order valence-corrected chi connectivity index (χ4v) is 4.34. The van der Waals surface area contributed by atoms with Crippen molar-refractivity contribution < 1.29 is 29.3 Å². The van der Waals surface area contributed by atoms with Crippen molar-refractivity contribution in [2.75, 3.05) is 25.2 Å². The molecule has 0 spiro atoms. The quantitative estimate of drug-likeness (QED) is 0.396. The smallest absolute Gasteiger partial charge is 0.407 e. The number of amides is 2. The molecule has 33 heavy (non-hydrogen) atoms. The number of benzene rings is 2. The lowest BCUT2D eigenvalue weighted by atomic mass is 9.98. The van der Waals surface area contributed by atoms with Crippen molar-refractivity contribution in [3.63, 3.8) is 0 Å². The maximum absolute atomic E-state index is 12.5. The first-order valence-corrected chi connectivity index (χ1v) is 12.1. The molecule has 0 aliphatic heterocycles. The van der Waals surface area contributed by atoms with E-state index in [2.05, 4.69) is 22.8 Å². The Hall–Kier alpha value is -3.04. The van der Waals surface area contributed by atoms with Crippen molar-refractivity contribution >= 4 is 29.7 Å². The van der Waals surface area contributed by atoms with Gasteiger partial charge in [0.15, 0.2) is 6.10 Å². The van der Waals surface area contributed by atoms with Crippen LogP contribution in [0.2, 0.25) is 0 Å². The molecule has 2 atom stereocenters. The van der Waals surface area contributed by atoms with Crippen LogP contribution in [-0.2, 0) is 14.3 Å². The van der Waals surface area contributed by atoms with Gasteiger partial charge in [-0.2, -0.15) is 11.8 Å². The molecule has 2 aromatic carbocycles. The Morgan fingerprint density at radius 1 is 1.03 bits per heavy atom. The van der Waals surface area contributed by atoms with Gasteiger partial charge in [0, 0.05) is 18.9 Å². The SMILES string of the molecule is CSCC[C@@H](NC(=O)OCC1c2ccccc2-c2ccccc21)C(=O)NCCC(O)C(=O)O. The molecule has 3 rings (SSSR count). The van der Waals surface area contributed by atoms with Crippen molar-refractivity contribution in [2.45, 2.75) is 30.9 Å². The average Bonchev–Trinajstić information content (AvgIpc) is 3.13. The van der Waals surface area contributed by atoms with Gasteiger partial charge in [0.05, 0.1) is 0 Å². The summed E-state index contributed by atoms with van der Waals surface area (Å²) >= 11 is 1.54. The maximum atomic E-state index is 12.5. The molecule has 2 aromatic rings. The Bertz CT molecular complexity index is 953. The number of alkyl carbamates (subject to hydrolysis) is 1.